The molecule has 0 saturated carbocycles. The van der Waals surface area contributed by atoms with Crippen molar-refractivity contribution in [2.45, 2.75) is 6.42 Å². The molecule has 0 aromatic carbocycles. The van der Waals surface area contributed by atoms with E-state index in [2.05, 4.69) is 4.90 Å². The van der Waals surface area contributed by atoms with Crippen LogP contribution in [0.5, 0.6) is 0 Å². The highest BCUT2D eigenvalue weighted by Gasteiger charge is 2.24. The average Bonchev–Trinajstić information content (AvgIpc) is 2.54. The standard InChI is InChI=1S/C14H25N3O3S/c1-21-11-2-13(18)16-5-3-15(4-6-16)12-14(19)17-7-9-20-10-8-17/h2-12H2,1H3. The van der Waals surface area contributed by atoms with Gasteiger partial charge in [0, 0.05) is 51.4 Å². The Morgan fingerprint density at radius 1 is 0.952 bits per heavy atom. The Morgan fingerprint density at radius 3 is 2.19 bits per heavy atom. The fourth-order valence-corrected chi connectivity index (χ4v) is 2.99. The quantitative estimate of drug-likeness (QED) is 0.700. The molecule has 0 aromatic heterocycles. The van der Waals surface area contributed by atoms with E-state index in [4.69, 9.17) is 4.74 Å². The second kappa shape index (κ2) is 8.60. The molecule has 21 heavy (non-hydrogen) atoms. The van der Waals surface area contributed by atoms with E-state index in [0.29, 0.717) is 39.3 Å². The number of carbonyl (C=O) groups is 2. The van der Waals surface area contributed by atoms with E-state index in [1.165, 1.54) is 0 Å². The summed E-state index contributed by atoms with van der Waals surface area (Å²) in [5.74, 6) is 1.30. The molecule has 0 aliphatic carbocycles. The van der Waals surface area contributed by atoms with Gasteiger partial charge in [0.05, 0.1) is 19.8 Å². The van der Waals surface area contributed by atoms with Crippen LogP contribution in [0.4, 0.5) is 0 Å². The molecule has 0 N–H and O–H groups in total. The van der Waals surface area contributed by atoms with E-state index in [-0.39, 0.29) is 11.8 Å². The van der Waals surface area contributed by atoms with Gasteiger partial charge in [-0.2, -0.15) is 11.8 Å². The topological polar surface area (TPSA) is 53.1 Å². The van der Waals surface area contributed by atoms with Crippen LogP contribution in [0.15, 0.2) is 0 Å². The zero-order valence-electron chi connectivity index (χ0n) is 12.8. The van der Waals surface area contributed by atoms with Crippen LogP contribution < -0.4 is 0 Å². The summed E-state index contributed by atoms with van der Waals surface area (Å²) >= 11 is 1.70. The molecule has 6 nitrogen and oxygen atoms in total. The van der Waals surface area contributed by atoms with Crippen LogP contribution >= 0.6 is 11.8 Å². The summed E-state index contributed by atoms with van der Waals surface area (Å²) in [5.41, 5.74) is 0. The van der Waals surface area contributed by atoms with Crippen LogP contribution in [0.1, 0.15) is 6.42 Å². The van der Waals surface area contributed by atoms with Crippen molar-refractivity contribution in [1.82, 2.24) is 14.7 Å². The Bertz CT molecular complexity index is 353. The monoisotopic (exact) mass is 315 g/mol. The van der Waals surface area contributed by atoms with Crippen molar-refractivity contribution < 1.29 is 14.3 Å². The van der Waals surface area contributed by atoms with Crippen LogP contribution in [-0.4, -0.2) is 97.5 Å². The summed E-state index contributed by atoms with van der Waals surface area (Å²) < 4.78 is 5.26. The van der Waals surface area contributed by atoms with Crippen molar-refractivity contribution in [3.8, 4) is 0 Å². The van der Waals surface area contributed by atoms with Crippen molar-refractivity contribution in [1.29, 1.82) is 0 Å². The van der Waals surface area contributed by atoms with Gasteiger partial charge in [-0.3, -0.25) is 14.5 Å². The molecule has 0 unspecified atom stereocenters. The largest absolute Gasteiger partial charge is 0.378 e. The van der Waals surface area contributed by atoms with Gasteiger partial charge in [0.25, 0.3) is 0 Å². The highest BCUT2D eigenvalue weighted by atomic mass is 32.2. The number of ether oxygens (including phenoxy) is 1. The Kier molecular flexibility index (Phi) is 6.79. The second-order valence-corrected chi connectivity index (χ2v) is 6.38. The zero-order chi connectivity index (χ0) is 15.1. The van der Waals surface area contributed by atoms with Crippen LogP contribution in [-0.2, 0) is 14.3 Å². The van der Waals surface area contributed by atoms with Gasteiger partial charge in [-0.05, 0) is 6.26 Å². The molecule has 0 spiro atoms. The van der Waals surface area contributed by atoms with E-state index in [1.54, 1.807) is 11.8 Å². The number of amides is 2. The predicted octanol–water partition coefficient (Wildman–Crippen LogP) is -0.257. The third-order valence-corrected chi connectivity index (χ3v) is 4.58. The number of nitrogens with zero attached hydrogens (tertiary/aromatic N) is 3. The molecular weight excluding hydrogens is 290 g/mol. The summed E-state index contributed by atoms with van der Waals surface area (Å²) in [6.45, 7) is 6.22. The van der Waals surface area contributed by atoms with E-state index < -0.39 is 0 Å². The first-order valence-electron chi connectivity index (χ1n) is 7.55. The number of thioether (sulfide) groups is 1. The van der Waals surface area contributed by atoms with Crippen LogP contribution in [0.3, 0.4) is 0 Å². The molecule has 2 fully saturated rings. The van der Waals surface area contributed by atoms with Crippen molar-refractivity contribution >= 4 is 23.6 Å². The first-order valence-corrected chi connectivity index (χ1v) is 8.94. The molecule has 2 aliphatic rings. The van der Waals surface area contributed by atoms with Gasteiger partial charge in [-0.15, -0.1) is 0 Å². The maximum atomic E-state index is 12.2. The van der Waals surface area contributed by atoms with Crippen molar-refractivity contribution in [3.05, 3.63) is 0 Å². The summed E-state index contributed by atoms with van der Waals surface area (Å²) in [4.78, 5) is 30.1. The van der Waals surface area contributed by atoms with Crippen molar-refractivity contribution in [3.63, 3.8) is 0 Å². The lowest BCUT2D eigenvalue weighted by Crippen LogP contribution is -2.52. The molecule has 0 aromatic rings. The smallest absolute Gasteiger partial charge is 0.236 e. The Balaban J connectivity index is 1.68. The SMILES string of the molecule is CSCCC(=O)N1CCN(CC(=O)N2CCOCC2)CC1. The first kappa shape index (κ1) is 16.6. The number of piperazine rings is 1. The Morgan fingerprint density at radius 2 is 1.57 bits per heavy atom. The van der Waals surface area contributed by atoms with Crippen molar-refractivity contribution in [2.24, 2.45) is 0 Å². The minimum Gasteiger partial charge on any atom is -0.378 e. The van der Waals surface area contributed by atoms with Gasteiger partial charge < -0.3 is 14.5 Å². The zero-order valence-corrected chi connectivity index (χ0v) is 13.6. The van der Waals surface area contributed by atoms with E-state index in [0.717, 1.165) is 31.9 Å². The lowest BCUT2D eigenvalue weighted by molar-refractivity contribution is -0.137. The minimum atomic E-state index is 0.181. The van der Waals surface area contributed by atoms with E-state index in [9.17, 15) is 9.59 Å². The molecule has 2 saturated heterocycles. The molecule has 2 rings (SSSR count). The molecule has 7 heteroatoms. The maximum Gasteiger partial charge on any atom is 0.236 e. The van der Waals surface area contributed by atoms with Gasteiger partial charge in [0.1, 0.15) is 0 Å². The average molecular weight is 315 g/mol. The lowest BCUT2D eigenvalue weighted by Gasteiger charge is -2.36. The minimum absolute atomic E-state index is 0.181. The number of hydrogen-bond donors (Lipinski definition) is 0. The lowest BCUT2D eigenvalue weighted by atomic mass is 10.2. The number of rotatable bonds is 5. The second-order valence-electron chi connectivity index (χ2n) is 5.39. The molecule has 0 bridgehead atoms. The van der Waals surface area contributed by atoms with E-state index in [1.807, 2.05) is 16.1 Å². The van der Waals surface area contributed by atoms with E-state index >= 15 is 0 Å². The molecule has 2 heterocycles. The Hall–Kier alpha value is -0.790. The first-order chi connectivity index (χ1) is 10.2. The highest BCUT2D eigenvalue weighted by Crippen LogP contribution is 2.07. The van der Waals surface area contributed by atoms with Crippen molar-refractivity contribution in [2.75, 3.05) is 71.0 Å². The molecule has 2 amide bonds. The van der Waals surface area contributed by atoms with Gasteiger partial charge in [-0.25, -0.2) is 0 Å². The highest BCUT2D eigenvalue weighted by molar-refractivity contribution is 7.98. The van der Waals surface area contributed by atoms with Crippen LogP contribution in [0.25, 0.3) is 0 Å². The molecule has 120 valence electrons. The van der Waals surface area contributed by atoms with Gasteiger partial charge in [0.15, 0.2) is 0 Å². The summed E-state index contributed by atoms with van der Waals surface area (Å²) in [6.07, 6.45) is 2.64. The molecule has 0 radical (unpaired) electrons. The number of carbonyl (C=O) groups excluding carboxylic acids is 2. The summed E-state index contributed by atoms with van der Waals surface area (Å²) in [5, 5.41) is 0. The van der Waals surface area contributed by atoms with Gasteiger partial charge >= 0.3 is 0 Å². The number of morpholine rings is 1. The maximum absolute atomic E-state index is 12.2. The van der Waals surface area contributed by atoms with Gasteiger partial charge in [-0.1, -0.05) is 0 Å². The number of hydrogen-bond acceptors (Lipinski definition) is 5. The molecule has 2 aliphatic heterocycles. The third-order valence-electron chi connectivity index (χ3n) is 3.97. The molecule has 0 atom stereocenters. The van der Waals surface area contributed by atoms with Crippen LogP contribution in [0, 0.1) is 0 Å². The van der Waals surface area contributed by atoms with Crippen LogP contribution in [0.2, 0.25) is 0 Å². The summed E-state index contributed by atoms with van der Waals surface area (Å²) in [6, 6.07) is 0. The normalized spacial score (nSPS) is 20.6. The fourth-order valence-electron chi connectivity index (χ4n) is 2.61. The van der Waals surface area contributed by atoms with Gasteiger partial charge in [0.2, 0.25) is 11.8 Å². The molecular formula is C14H25N3O3S. The third kappa shape index (κ3) is 5.16. The summed E-state index contributed by atoms with van der Waals surface area (Å²) in [7, 11) is 0. The predicted molar refractivity (Wildman–Crippen MR) is 83.4 cm³/mol. The fraction of sp³-hybridized carbons (Fsp3) is 0.857. The Labute approximate surface area is 130 Å².